The van der Waals surface area contributed by atoms with Gasteiger partial charge >= 0.3 is 0 Å². The molecule has 2 aliphatic rings. The fourth-order valence-electron chi connectivity index (χ4n) is 5.32. The summed E-state index contributed by atoms with van der Waals surface area (Å²) in [5.74, 6) is 0.396. The van der Waals surface area contributed by atoms with Crippen molar-refractivity contribution in [1.29, 1.82) is 0 Å². The predicted octanol–water partition coefficient (Wildman–Crippen LogP) is 2.69. The number of nitrogens with one attached hydrogen (secondary N) is 2. The van der Waals surface area contributed by atoms with Gasteiger partial charge in [-0.1, -0.05) is 25.8 Å². The predicted molar refractivity (Wildman–Crippen MR) is 146 cm³/mol. The van der Waals surface area contributed by atoms with E-state index in [1.807, 2.05) is 35.9 Å². The Hall–Kier alpha value is -3.20. The molecule has 1 aromatic heterocycles. The lowest BCUT2D eigenvalue weighted by atomic mass is 9.83. The highest BCUT2D eigenvalue weighted by Gasteiger charge is 2.36. The minimum atomic E-state index is -0.571. The van der Waals surface area contributed by atoms with Crippen molar-refractivity contribution < 1.29 is 19.1 Å². The van der Waals surface area contributed by atoms with Crippen LogP contribution in [0.5, 0.6) is 5.75 Å². The summed E-state index contributed by atoms with van der Waals surface area (Å²) in [6.45, 7) is 5.51. The van der Waals surface area contributed by atoms with Crippen molar-refractivity contribution in [3.05, 3.63) is 42.2 Å². The van der Waals surface area contributed by atoms with Gasteiger partial charge in [0, 0.05) is 51.7 Å². The highest BCUT2D eigenvalue weighted by Crippen LogP contribution is 2.28. The molecule has 1 saturated carbocycles. The van der Waals surface area contributed by atoms with Crippen LogP contribution in [0.1, 0.15) is 42.6 Å². The highest BCUT2D eigenvalue weighted by molar-refractivity contribution is 5.99. The summed E-state index contributed by atoms with van der Waals surface area (Å²) in [6, 6.07) is 7.08. The van der Waals surface area contributed by atoms with Gasteiger partial charge in [-0.2, -0.15) is 0 Å². The second-order valence-electron chi connectivity index (χ2n) is 9.71. The van der Waals surface area contributed by atoms with Gasteiger partial charge in [-0.15, -0.1) is 12.4 Å². The van der Waals surface area contributed by atoms with Crippen molar-refractivity contribution in [3.63, 3.8) is 0 Å². The molecule has 2 aromatic rings. The van der Waals surface area contributed by atoms with Crippen molar-refractivity contribution in [3.8, 4) is 5.75 Å². The van der Waals surface area contributed by atoms with Crippen LogP contribution in [0.2, 0.25) is 0 Å². The van der Waals surface area contributed by atoms with Crippen LogP contribution >= 0.6 is 12.4 Å². The molecule has 10 heteroatoms. The topological polar surface area (TPSA) is 95.9 Å². The lowest BCUT2D eigenvalue weighted by Gasteiger charge is -2.39. The molecule has 0 spiro atoms. The van der Waals surface area contributed by atoms with E-state index in [0.717, 1.165) is 48.8 Å². The summed E-state index contributed by atoms with van der Waals surface area (Å²) in [5, 5.41) is 6.68. The molecule has 4 rings (SSSR count). The van der Waals surface area contributed by atoms with Crippen LogP contribution in [0.25, 0.3) is 10.9 Å². The average Bonchev–Trinajstić information content (AvgIpc) is 3.26. The molecule has 1 aliphatic heterocycles. The van der Waals surface area contributed by atoms with Crippen molar-refractivity contribution >= 4 is 41.0 Å². The van der Waals surface area contributed by atoms with Crippen LogP contribution in [0.15, 0.2) is 36.5 Å². The number of fused-ring (bicyclic) bond motifs is 1. The smallest absolute Gasteiger partial charge is 0.270 e. The Balaban J connectivity index is 0.00000380. The van der Waals surface area contributed by atoms with E-state index in [9.17, 15) is 14.4 Å². The Morgan fingerprint density at radius 3 is 2.30 bits per heavy atom. The zero-order valence-electron chi connectivity index (χ0n) is 21.9. The van der Waals surface area contributed by atoms with E-state index in [2.05, 4.69) is 17.2 Å². The maximum absolute atomic E-state index is 13.6. The summed E-state index contributed by atoms with van der Waals surface area (Å²) >= 11 is 0. The van der Waals surface area contributed by atoms with Crippen LogP contribution in [-0.2, 0) is 16.6 Å². The average molecular weight is 532 g/mol. The number of methoxy groups -OCH3 is 1. The minimum Gasteiger partial charge on any atom is -0.497 e. The second-order valence-corrected chi connectivity index (χ2v) is 9.71. The minimum absolute atomic E-state index is 0. The number of carbonyl (C=O) groups excluding carboxylic acids is 3. The third-order valence-corrected chi connectivity index (χ3v) is 7.60. The van der Waals surface area contributed by atoms with Gasteiger partial charge in [-0.3, -0.25) is 14.4 Å². The van der Waals surface area contributed by atoms with Gasteiger partial charge in [0.1, 0.15) is 17.5 Å². The highest BCUT2D eigenvalue weighted by atomic mass is 35.5. The molecule has 2 fully saturated rings. The van der Waals surface area contributed by atoms with E-state index in [0.29, 0.717) is 31.9 Å². The zero-order chi connectivity index (χ0) is 25.8. The van der Waals surface area contributed by atoms with Crippen LogP contribution in [-0.4, -0.2) is 78.5 Å². The number of aromatic nitrogens is 1. The van der Waals surface area contributed by atoms with Crippen LogP contribution in [0, 0.1) is 5.92 Å². The molecule has 1 aliphatic carbocycles. The Bertz CT molecular complexity index is 1150. The number of carbonyl (C=O) groups is 3. The van der Waals surface area contributed by atoms with Gasteiger partial charge in [0.25, 0.3) is 11.8 Å². The number of nitrogens with zero attached hydrogens (tertiary/aromatic N) is 3. The Morgan fingerprint density at radius 1 is 1.03 bits per heavy atom. The molecule has 37 heavy (non-hydrogen) atoms. The van der Waals surface area contributed by atoms with Crippen molar-refractivity contribution in [2.75, 3.05) is 40.3 Å². The van der Waals surface area contributed by atoms with Gasteiger partial charge in [-0.05, 0) is 37.0 Å². The Kier molecular flexibility index (Phi) is 9.48. The molecular formula is C27H38ClN5O4. The molecule has 202 valence electrons. The van der Waals surface area contributed by atoms with Crippen LogP contribution < -0.4 is 15.4 Å². The molecule has 2 N–H and O–H groups in total. The van der Waals surface area contributed by atoms with Gasteiger partial charge in [0.2, 0.25) is 5.91 Å². The van der Waals surface area contributed by atoms with Gasteiger partial charge < -0.3 is 29.7 Å². The summed E-state index contributed by atoms with van der Waals surface area (Å²) in [7, 11) is 5.14. The first-order valence-electron chi connectivity index (χ1n) is 12.7. The van der Waals surface area contributed by atoms with Crippen LogP contribution in [0.3, 0.4) is 0 Å². The normalized spacial score (nSPS) is 17.1. The molecule has 3 amide bonds. The number of aryl methyl sites for hydroxylation is 1. The Morgan fingerprint density at radius 2 is 1.68 bits per heavy atom. The molecule has 1 aromatic carbocycles. The molecular weight excluding hydrogens is 494 g/mol. The first-order valence-corrected chi connectivity index (χ1v) is 12.7. The standard InChI is InChI=1S/C27H37N5O4.ClH/c1-18(28-2)25(33)29-24(19-8-6-5-7-9-19)27(35)32-14-12-31(13-15-32)26(34)23-16-20-10-11-21(36-4)17-22(20)30(23)3;/h10-11,16-17,19,24,28H,1,5-9,12-15H2,2-4H3,(H,29,33);1H/t24-;/m0./s1. The summed E-state index contributed by atoms with van der Waals surface area (Å²) < 4.78 is 7.21. The summed E-state index contributed by atoms with van der Waals surface area (Å²) in [5.41, 5.74) is 1.78. The molecule has 0 bridgehead atoms. The van der Waals surface area contributed by atoms with Gasteiger partial charge in [0.15, 0.2) is 0 Å². The van der Waals surface area contributed by atoms with E-state index in [1.165, 1.54) is 0 Å². The third kappa shape index (κ3) is 6.04. The molecule has 1 atom stereocenters. The lowest BCUT2D eigenvalue weighted by Crippen LogP contribution is -2.58. The number of rotatable bonds is 7. The maximum atomic E-state index is 13.6. The summed E-state index contributed by atoms with van der Waals surface area (Å²) in [4.78, 5) is 43.1. The third-order valence-electron chi connectivity index (χ3n) is 7.60. The van der Waals surface area contributed by atoms with Crippen LogP contribution in [0.4, 0.5) is 0 Å². The van der Waals surface area contributed by atoms with E-state index in [-0.39, 0.29) is 41.7 Å². The van der Waals surface area contributed by atoms with Gasteiger partial charge in [-0.25, -0.2) is 0 Å². The molecule has 2 heterocycles. The largest absolute Gasteiger partial charge is 0.497 e. The second kappa shape index (κ2) is 12.4. The number of halogens is 1. The zero-order valence-corrected chi connectivity index (χ0v) is 22.7. The number of hydrogen-bond donors (Lipinski definition) is 2. The number of hydrogen-bond acceptors (Lipinski definition) is 5. The first-order chi connectivity index (χ1) is 17.3. The van der Waals surface area contributed by atoms with Crippen molar-refractivity contribution in [1.82, 2.24) is 25.0 Å². The van der Waals surface area contributed by atoms with E-state index >= 15 is 0 Å². The molecule has 0 radical (unpaired) electrons. The first kappa shape index (κ1) is 28.4. The van der Waals surface area contributed by atoms with E-state index in [1.54, 1.807) is 24.0 Å². The van der Waals surface area contributed by atoms with Crippen molar-refractivity contribution in [2.24, 2.45) is 13.0 Å². The summed E-state index contributed by atoms with van der Waals surface area (Å²) in [6.07, 6.45) is 5.14. The van der Waals surface area contributed by atoms with E-state index in [4.69, 9.17) is 4.74 Å². The van der Waals surface area contributed by atoms with Crippen molar-refractivity contribution in [2.45, 2.75) is 38.1 Å². The number of likely N-dealkylation sites (N-methyl/N-ethyl adjacent to an activating group) is 1. The number of benzene rings is 1. The number of amides is 3. The number of piperazine rings is 1. The molecule has 9 nitrogen and oxygen atoms in total. The molecule has 1 saturated heterocycles. The van der Waals surface area contributed by atoms with E-state index < -0.39 is 6.04 Å². The monoisotopic (exact) mass is 531 g/mol. The fourth-order valence-corrected chi connectivity index (χ4v) is 5.32. The Labute approximate surface area is 224 Å². The fraction of sp³-hybridized carbons (Fsp3) is 0.519. The quantitative estimate of drug-likeness (QED) is 0.536. The number of ether oxygens (including phenoxy) is 1. The molecule has 0 unspecified atom stereocenters. The maximum Gasteiger partial charge on any atom is 0.270 e. The SMILES string of the molecule is C=C(NC)C(=O)N[C@H](C(=O)N1CCN(C(=O)c2cc3ccc(OC)cc3n2C)CC1)C1CCCCC1.Cl. The lowest BCUT2D eigenvalue weighted by molar-refractivity contribution is -0.139. The van der Waals surface area contributed by atoms with Gasteiger partial charge in [0.05, 0.1) is 18.3 Å².